The van der Waals surface area contributed by atoms with Gasteiger partial charge in [-0.05, 0) is 44.6 Å². The maximum atomic E-state index is 3.57. The van der Waals surface area contributed by atoms with E-state index in [0.717, 1.165) is 13.1 Å². The second kappa shape index (κ2) is 10.6. The number of hydrogen-bond acceptors (Lipinski definition) is 3. The van der Waals surface area contributed by atoms with Crippen molar-refractivity contribution in [3.05, 3.63) is 0 Å². The number of hydrogen-bond donors (Lipinski definition) is 1. The smallest absolute Gasteiger partial charge is 0.00447 e. The standard InChI is InChI=1S/C17H39N3/c1-8-19(9-2)12-11-13-20(10-3)15-17(6,7)14-18-16(4)5/h16,18H,8-15H2,1-7H3. The normalized spacial score (nSPS) is 12.9. The highest BCUT2D eigenvalue weighted by atomic mass is 15.1. The average Bonchev–Trinajstić information content (AvgIpc) is 2.40. The van der Waals surface area contributed by atoms with E-state index in [0.29, 0.717) is 11.5 Å². The molecule has 122 valence electrons. The van der Waals surface area contributed by atoms with Crippen LogP contribution in [0.3, 0.4) is 0 Å². The quantitative estimate of drug-likeness (QED) is 0.594. The lowest BCUT2D eigenvalue weighted by molar-refractivity contribution is 0.168. The molecule has 0 unspecified atom stereocenters. The Morgan fingerprint density at radius 1 is 0.900 bits per heavy atom. The summed E-state index contributed by atoms with van der Waals surface area (Å²) in [5.74, 6) is 0. The van der Waals surface area contributed by atoms with Crippen molar-refractivity contribution in [3.8, 4) is 0 Å². The third-order valence-electron chi connectivity index (χ3n) is 3.93. The number of nitrogens with zero attached hydrogens (tertiary/aromatic N) is 2. The monoisotopic (exact) mass is 285 g/mol. The molecule has 0 aromatic heterocycles. The van der Waals surface area contributed by atoms with Crippen molar-refractivity contribution in [1.82, 2.24) is 15.1 Å². The van der Waals surface area contributed by atoms with Gasteiger partial charge in [-0.25, -0.2) is 0 Å². The van der Waals surface area contributed by atoms with Gasteiger partial charge in [0.05, 0.1) is 0 Å². The summed E-state index contributed by atoms with van der Waals surface area (Å²) in [5, 5.41) is 3.57. The van der Waals surface area contributed by atoms with Crippen molar-refractivity contribution in [2.45, 2.75) is 60.9 Å². The van der Waals surface area contributed by atoms with E-state index in [-0.39, 0.29) is 0 Å². The van der Waals surface area contributed by atoms with Crippen LogP contribution >= 0.6 is 0 Å². The first kappa shape index (κ1) is 19.9. The van der Waals surface area contributed by atoms with Crippen molar-refractivity contribution in [1.29, 1.82) is 0 Å². The van der Waals surface area contributed by atoms with Crippen LogP contribution in [0.15, 0.2) is 0 Å². The molecule has 0 saturated heterocycles. The van der Waals surface area contributed by atoms with Gasteiger partial charge in [0.2, 0.25) is 0 Å². The van der Waals surface area contributed by atoms with E-state index in [1.807, 2.05) is 0 Å². The van der Waals surface area contributed by atoms with E-state index in [1.54, 1.807) is 0 Å². The van der Waals surface area contributed by atoms with Crippen LogP contribution in [-0.2, 0) is 0 Å². The molecule has 0 aromatic rings. The molecule has 20 heavy (non-hydrogen) atoms. The van der Waals surface area contributed by atoms with Crippen molar-refractivity contribution in [2.75, 3.05) is 45.8 Å². The van der Waals surface area contributed by atoms with Gasteiger partial charge in [0.25, 0.3) is 0 Å². The summed E-state index contributed by atoms with van der Waals surface area (Å²) in [5.41, 5.74) is 0.343. The fraction of sp³-hybridized carbons (Fsp3) is 1.00. The van der Waals surface area contributed by atoms with Gasteiger partial charge < -0.3 is 15.1 Å². The maximum Gasteiger partial charge on any atom is 0.00447 e. The Morgan fingerprint density at radius 3 is 1.85 bits per heavy atom. The van der Waals surface area contributed by atoms with Gasteiger partial charge in [0.1, 0.15) is 0 Å². The van der Waals surface area contributed by atoms with Crippen LogP contribution in [0.2, 0.25) is 0 Å². The third-order valence-corrected chi connectivity index (χ3v) is 3.93. The summed E-state index contributed by atoms with van der Waals surface area (Å²) in [6.07, 6.45) is 1.28. The Labute approximate surface area is 128 Å². The lowest BCUT2D eigenvalue weighted by Gasteiger charge is -2.33. The van der Waals surface area contributed by atoms with Gasteiger partial charge in [0, 0.05) is 19.1 Å². The Balaban J connectivity index is 4.06. The second-order valence-electron chi connectivity index (χ2n) is 6.95. The first-order chi connectivity index (χ1) is 9.34. The van der Waals surface area contributed by atoms with E-state index < -0.39 is 0 Å². The van der Waals surface area contributed by atoms with E-state index in [9.17, 15) is 0 Å². The maximum absolute atomic E-state index is 3.57. The first-order valence-corrected chi connectivity index (χ1v) is 8.52. The zero-order chi connectivity index (χ0) is 15.6. The Morgan fingerprint density at radius 2 is 1.40 bits per heavy atom. The highest BCUT2D eigenvalue weighted by Gasteiger charge is 2.21. The molecule has 0 heterocycles. The molecule has 0 fully saturated rings. The van der Waals surface area contributed by atoms with Crippen molar-refractivity contribution >= 4 is 0 Å². The molecule has 0 rings (SSSR count). The van der Waals surface area contributed by atoms with Crippen molar-refractivity contribution in [3.63, 3.8) is 0 Å². The van der Waals surface area contributed by atoms with Gasteiger partial charge in [-0.3, -0.25) is 0 Å². The summed E-state index contributed by atoms with van der Waals surface area (Å²) in [6.45, 7) is 24.2. The minimum absolute atomic E-state index is 0.343. The van der Waals surface area contributed by atoms with Crippen LogP contribution in [0.1, 0.15) is 54.9 Å². The van der Waals surface area contributed by atoms with E-state index in [1.165, 1.54) is 39.1 Å². The molecular formula is C17H39N3. The molecule has 0 aromatic carbocycles. The highest BCUT2D eigenvalue weighted by molar-refractivity contribution is 4.77. The molecule has 0 amide bonds. The summed E-state index contributed by atoms with van der Waals surface area (Å²) in [4.78, 5) is 5.12. The lowest BCUT2D eigenvalue weighted by Crippen LogP contribution is -2.43. The molecule has 0 aliphatic heterocycles. The van der Waals surface area contributed by atoms with Crippen LogP contribution in [0.5, 0.6) is 0 Å². The van der Waals surface area contributed by atoms with E-state index >= 15 is 0 Å². The summed E-state index contributed by atoms with van der Waals surface area (Å²) < 4.78 is 0. The molecule has 1 N–H and O–H groups in total. The summed E-state index contributed by atoms with van der Waals surface area (Å²) >= 11 is 0. The molecule has 0 atom stereocenters. The van der Waals surface area contributed by atoms with Crippen molar-refractivity contribution in [2.24, 2.45) is 5.41 Å². The predicted octanol–water partition coefficient (Wildman–Crippen LogP) is 3.06. The fourth-order valence-corrected chi connectivity index (χ4v) is 2.55. The van der Waals surface area contributed by atoms with Crippen LogP contribution in [0.4, 0.5) is 0 Å². The van der Waals surface area contributed by atoms with Crippen molar-refractivity contribution < 1.29 is 0 Å². The largest absolute Gasteiger partial charge is 0.314 e. The minimum Gasteiger partial charge on any atom is -0.314 e. The Bertz CT molecular complexity index is 222. The zero-order valence-electron chi connectivity index (χ0n) is 15.1. The number of rotatable bonds is 12. The van der Waals surface area contributed by atoms with Gasteiger partial charge in [-0.15, -0.1) is 0 Å². The SMILES string of the molecule is CCN(CC)CCCN(CC)CC(C)(C)CNC(C)C. The highest BCUT2D eigenvalue weighted by Crippen LogP contribution is 2.16. The molecule has 0 radical (unpaired) electrons. The van der Waals surface area contributed by atoms with Crippen LogP contribution in [0.25, 0.3) is 0 Å². The molecule has 3 heteroatoms. The van der Waals surface area contributed by atoms with Gasteiger partial charge >= 0.3 is 0 Å². The fourth-order valence-electron chi connectivity index (χ4n) is 2.55. The minimum atomic E-state index is 0.343. The first-order valence-electron chi connectivity index (χ1n) is 8.52. The molecule has 0 bridgehead atoms. The summed E-state index contributed by atoms with van der Waals surface area (Å²) in [6, 6.07) is 0.576. The van der Waals surface area contributed by atoms with Gasteiger partial charge in [-0.1, -0.05) is 48.5 Å². The van der Waals surface area contributed by atoms with Crippen LogP contribution in [-0.4, -0.2) is 61.7 Å². The number of nitrogens with one attached hydrogen (secondary N) is 1. The summed E-state index contributed by atoms with van der Waals surface area (Å²) in [7, 11) is 0. The van der Waals surface area contributed by atoms with Crippen LogP contribution < -0.4 is 5.32 Å². The molecule has 0 saturated carbocycles. The second-order valence-corrected chi connectivity index (χ2v) is 6.95. The zero-order valence-corrected chi connectivity index (χ0v) is 15.1. The molecule has 0 aliphatic carbocycles. The molecule has 0 aliphatic rings. The van der Waals surface area contributed by atoms with Gasteiger partial charge in [-0.2, -0.15) is 0 Å². The van der Waals surface area contributed by atoms with E-state index in [2.05, 4.69) is 63.6 Å². The van der Waals surface area contributed by atoms with Crippen LogP contribution in [0, 0.1) is 5.41 Å². The van der Waals surface area contributed by atoms with E-state index in [4.69, 9.17) is 0 Å². The molecular weight excluding hydrogens is 246 g/mol. The molecule has 3 nitrogen and oxygen atoms in total. The average molecular weight is 286 g/mol. The van der Waals surface area contributed by atoms with Gasteiger partial charge in [0.15, 0.2) is 0 Å². The topological polar surface area (TPSA) is 18.5 Å². The molecule has 0 spiro atoms. The Kier molecular flexibility index (Phi) is 10.5. The lowest BCUT2D eigenvalue weighted by atomic mass is 9.92. The predicted molar refractivity (Wildman–Crippen MR) is 91.4 cm³/mol. The third kappa shape index (κ3) is 9.73. The Hall–Kier alpha value is -0.120.